The number of fused-ring (bicyclic) bond motifs is 4. The molecule has 7 heterocycles. The summed E-state index contributed by atoms with van der Waals surface area (Å²) in [6.45, 7) is -7.17. The third-order valence-corrected chi connectivity index (χ3v) is 17.4. The largest absolute Gasteiger partial charge is 0.834 e. The van der Waals surface area contributed by atoms with Gasteiger partial charge in [-0.3, -0.25) is 29.3 Å². The normalized spacial score (nSPS) is 38.8. The molecule has 0 N–H and O–H groups in total. The maximum atomic E-state index is 13.1. The van der Waals surface area contributed by atoms with Gasteiger partial charge in [0.15, 0.2) is 43.7 Å². The molecule has 11 unspecified atom stereocenters. The zero-order chi connectivity index (χ0) is 71.4. The third kappa shape index (κ3) is 21.9. The van der Waals surface area contributed by atoms with E-state index in [0.717, 1.165) is 42.7 Å². The minimum absolute atomic E-state index is 0.677. The van der Waals surface area contributed by atoms with Crippen LogP contribution in [0.15, 0.2) is 0 Å². The molecule has 7 saturated heterocycles. The Hall–Kier alpha value is -2.20. The first-order chi connectivity index (χ1) is 43.9. The Morgan fingerprint density at radius 1 is 0.400 bits per heavy atom. The van der Waals surface area contributed by atoms with Gasteiger partial charge in [-0.15, -0.1) is 0 Å². The highest BCUT2D eigenvalue weighted by atomic mass is 32.3. The third-order valence-electron chi connectivity index (χ3n) is 14.3. The van der Waals surface area contributed by atoms with Gasteiger partial charge in [-0.2, -0.15) is 0 Å². The summed E-state index contributed by atoms with van der Waals surface area (Å²) < 4.78 is 387. The second-order valence-electron chi connectivity index (χ2n) is 19.8. The predicted octanol–water partition coefficient (Wildman–Crippen LogP) is -12.1. The fraction of sp³-hybridized carbons (Fsp3) is 0.974. The number of ether oxygens (including phenoxy) is 18. The molecule has 7 aliphatic rings. The van der Waals surface area contributed by atoms with Crippen LogP contribution in [0.5, 0.6) is 0 Å². The summed E-state index contributed by atoms with van der Waals surface area (Å²) >= 11 is 0. The quantitative estimate of drug-likeness (QED) is 0.0323. The van der Waals surface area contributed by atoms with Crippen LogP contribution in [-0.2, 0) is 192 Å². The highest BCUT2D eigenvalue weighted by Crippen LogP contribution is 2.46. The van der Waals surface area contributed by atoms with Crippen molar-refractivity contribution in [2.45, 2.75) is 160 Å². The number of hydrogen-bond acceptors (Lipinski definition) is 49. The van der Waals surface area contributed by atoms with Crippen LogP contribution < -0.4 is 10.2 Å². The number of hydrogen-bond donors (Lipinski definition) is 0. The highest BCUT2D eigenvalue weighted by Gasteiger charge is 2.65. The lowest BCUT2D eigenvalue weighted by atomic mass is 9.93. The fourth-order valence-corrected chi connectivity index (χ4v) is 13.7. The Bertz CT molecular complexity index is 3360. The summed E-state index contributed by atoms with van der Waals surface area (Å²) in [5, 5.41) is 25.8. The standard InChI is InChI=1S/C39H65O49S7/c1-64-17-14(10-73-89(43,44)45)77-35(27(68-5)20(17)65-2)81-22-21(66-3)28(69-6)36(82-26(22)33(41)42)79-18-16(12-75-91(49,50)51)78-37(31(88-95(61,62)63)24(18)86-93(55,56)57)83-32-25(67-4)29-38(84-39(32,72-13-40)8-9-71-29)80-19-15(11-74-90(46,47)48)76-34(70-7)30(87-94(58,59)60)23(19)85-92(52,53)54/h14-32,34-38H,8-13H2,1-7H3,(H,41,42)(H,43,44,45)(H,46,47,48)(H,49,50,51)(H,52,53,54)(H,55,56,57)(H,58,59,60)(H,61,62,63)/q-1/p-8/t14-,15-,16?,17+,18?,19+,20?,21?,22-,23?,24-,25-,26+,27?,28?,29+,30?,31?,32?,34-,35+,36+,37-,38+,39?/m0/s1. The van der Waals surface area contributed by atoms with Gasteiger partial charge in [-0.1, -0.05) is 0 Å². The average Bonchev–Trinajstić information content (AvgIpc) is 1.73. The molecule has 56 heteroatoms. The molecule has 0 aromatic heterocycles. The Labute approximate surface area is 539 Å². The molecule has 7 fully saturated rings. The van der Waals surface area contributed by atoms with Crippen LogP contribution >= 0.6 is 0 Å². The van der Waals surface area contributed by atoms with Crippen molar-refractivity contribution in [3.05, 3.63) is 0 Å². The number of carboxylic acids is 1. The van der Waals surface area contributed by atoms with Gasteiger partial charge in [0.05, 0.1) is 32.4 Å². The lowest BCUT2D eigenvalue weighted by molar-refractivity contribution is -0.500. The lowest BCUT2D eigenvalue weighted by Crippen LogP contribution is -2.71. The fourth-order valence-electron chi connectivity index (χ4n) is 10.8. The monoisotopic (exact) mass is 1530 g/mol. The summed E-state index contributed by atoms with van der Waals surface area (Å²) in [5.74, 6) is -5.32. The summed E-state index contributed by atoms with van der Waals surface area (Å²) in [7, 11) is -36.1. The van der Waals surface area contributed by atoms with E-state index in [2.05, 4.69) is 29.3 Å². The van der Waals surface area contributed by atoms with Gasteiger partial charge in [-0.05, 0) is 6.79 Å². The molecule has 7 aliphatic heterocycles. The van der Waals surface area contributed by atoms with Crippen molar-refractivity contribution in [2.24, 2.45) is 0 Å². The van der Waals surface area contributed by atoms with Crippen LogP contribution in [0.4, 0.5) is 0 Å². The van der Waals surface area contributed by atoms with E-state index in [-0.39, 0.29) is 0 Å². The van der Waals surface area contributed by atoms with Crippen LogP contribution in [0.25, 0.3) is 0 Å². The highest BCUT2D eigenvalue weighted by molar-refractivity contribution is 7.82. The first kappa shape index (κ1) is 81.8. The molecule has 0 aromatic rings. The predicted molar refractivity (Wildman–Crippen MR) is 264 cm³/mol. The first-order valence-corrected chi connectivity index (χ1v) is 35.2. The van der Waals surface area contributed by atoms with E-state index in [9.17, 15) is 106 Å². The van der Waals surface area contributed by atoms with Crippen molar-refractivity contribution in [2.75, 3.05) is 83.0 Å². The molecule has 7 rings (SSSR count). The van der Waals surface area contributed by atoms with Gasteiger partial charge < -0.3 is 132 Å². The summed E-state index contributed by atoms with van der Waals surface area (Å²) in [5.41, 5.74) is 0. The molecular weight excluding hydrogens is 1480 g/mol. The first-order valence-electron chi connectivity index (χ1n) is 25.9. The topological polar surface area (TPSA) is 694 Å². The maximum Gasteiger partial charge on any atom is 0.218 e. The summed E-state index contributed by atoms with van der Waals surface area (Å²) in [6.07, 6.45) is -57.9. The molecule has 0 saturated carbocycles. The number of methoxy groups -OCH3 is 7. The van der Waals surface area contributed by atoms with E-state index in [4.69, 9.17) is 85.3 Å². The number of carboxylic acid groups (broad SMARTS) is 1. The second-order valence-corrected chi connectivity index (χ2v) is 27.0. The van der Waals surface area contributed by atoms with Crippen LogP contribution in [0.3, 0.4) is 0 Å². The number of rotatable bonds is 35. The number of carbonyl (C=O) groups excluding carboxylic acids is 1. The van der Waals surface area contributed by atoms with Crippen molar-refractivity contribution in [1.29, 1.82) is 0 Å². The van der Waals surface area contributed by atoms with Crippen molar-refractivity contribution in [3.8, 4) is 0 Å². The second kappa shape index (κ2) is 32.8. The van der Waals surface area contributed by atoms with E-state index in [1.54, 1.807) is 0 Å². The van der Waals surface area contributed by atoms with Crippen molar-refractivity contribution < 1.29 is 220 Å². The molecule has 0 spiro atoms. The molecule has 2 bridgehead atoms. The van der Waals surface area contributed by atoms with Gasteiger partial charge in [0.1, 0.15) is 104 Å². The molecule has 49 nitrogen and oxygen atoms in total. The van der Waals surface area contributed by atoms with Gasteiger partial charge >= 0.3 is 0 Å². The van der Waals surface area contributed by atoms with Crippen molar-refractivity contribution >= 4 is 78.8 Å². The molecular formula is C39H57O49S7-9. The van der Waals surface area contributed by atoms with Crippen LogP contribution in [0.1, 0.15) is 6.42 Å². The number of carbonyl (C=O) groups is 1. The Morgan fingerprint density at radius 2 is 0.758 bits per heavy atom. The van der Waals surface area contributed by atoms with Gasteiger partial charge in [-0.25, -0.2) is 58.9 Å². The van der Waals surface area contributed by atoms with Gasteiger partial charge in [0, 0.05) is 56.2 Å². The zero-order valence-electron chi connectivity index (χ0n) is 49.0. The van der Waals surface area contributed by atoms with E-state index < -0.39 is 272 Å². The van der Waals surface area contributed by atoms with E-state index >= 15 is 0 Å². The Kier molecular flexibility index (Phi) is 28.3. The van der Waals surface area contributed by atoms with E-state index in [1.807, 2.05) is 0 Å². The van der Waals surface area contributed by atoms with Gasteiger partial charge in [0.2, 0.25) is 78.6 Å². The minimum Gasteiger partial charge on any atom is -0.834 e. The molecule has 0 amide bonds. The molecule has 25 atom stereocenters. The van der Waals surface area contributed by atoms with Crippen molar-refractivity contribution in [1.82, 2.24) is 0 Å². The van der Waals surface area contributed by atoms with E-state index in [1.165, 1.54) is 0 Å². The van der Waals surface area contributed by atoms with Gasteiger partial charge in [0.25, 0.3) is 0 Å². The lowest BCUT2D eigenvalue weighted by Gasteiger charge is -2.54. The Balaban J connectivity index is 1.44. The Morgan fingerprint density at radius 3 is 1.15 bits per heavy atom. The van der Waals surface area contributed by atoms with Crippen LogP contribution in [0.2, 0.25) is 0 Å². The molecule has 95 heavy (non-hydrogen) atoms. The zero-order valence-corrected chi connectivity index (χ0v) is 54.7. The SMILES string of the molecule is COC1C(OC)[C@H](OC)[C@H](COS(=O)(=O)[O-])O[C@@H]1O[C@H]1C(OC)C(OC)[C@H](OC2C(COS(=O)(=O)[O-])O[C@@H](OC3[C@@H](OC)[C@H]4OCCC3(OC[O-])O[C@H]4O[C@H]3C(OS(=O)(=O)[O-])C(OS(=O)(=O)[O-])[C@@H](OC)O[C@H]3COS(=O)(=O)[O-])C(OS(=O)(=O)[O-])[C@H]2OS(=O)(=O)[O-])O[C@H]1C(=O)[O-]. The smallest absolute Gasteiger partial charge is 0.218 e. The molecule has 0 aromatic carbocycles. The molecule has 0 aliphatic carbocycles. The molecule has 558 valence electrons. The van der Waals surface area contributed by atoms with Crippen LogP contribution in [0, 0.1) is 0 Å². The average molecular weight is 1530 g/mol. The number of aliphatic carboxylic acids is 1. The van der Waals surface area contributed by atoms with Crippen molar-refractivity contribution in [3.63, 3.8) is 0 Å². The summed E-state index contributed by atoms with van der Waals surface area (Å²) in [4.78, 5) is 13.1. The maximum absolute atomic E-state index is 13.1. The minimum atomic E-state index is -6.48. The van der Waals surface area contributed by atoms with E-state index in [0.29, 0.717) is 7.11 Å². The molecule has 0 radical (unpaired) electrons. The summed E-state index contributed by atoms with van der Waals surface area (Å²) in [6, 6.07) is 0. The van der Waals surface area contributed by atoms with Crippen LogP contribution in [-0.4, -0.2) is 333 Å².